The topological polar surface area (TPSA) is 46.5 Å². The lowest BCUT2D eigenvalue weighted by Crippen LogP contribution is -2.56. The van der Waals surface area contributed by atoms with Crippen LogP contribution >= 0.6 is 0 Å². The summed E-state index contributed by atoms with van der Waals surface area (Å²) in [7, 11) is 1.48. The number of carbonyl (C=O) groups is 1. The van der Waals surface area contributed by atoms with Crippen LogP contribution in [0.4, 0.5) is 0 Å². The zero-order chi connectivity index (χ0) is 17.8. The maximum absolute atomic E-state index is 12.6. The number of aliphatic hydroxyl groups excluding tert-OH is 1. The van der Waals surface area contributed by atoms with Gasteiger partial charge in [-0.1, -0.05) is 38.0 Å². The summed E-state index contributed by atoms with van der Waals surface area (Å²) in [5.41, 5.74) is 0.959. The monoisotopic (exact) mass is 332 g/mol. The van der Waals surface area contributed by atoms with Gasteiger partial charge >= 0.3 is 5.97 Å². The highest BCUT2D eigenvalue weighted by Crippen LogP contribution is 2.63. The van der Waals surface area contributed by atoms with Crippen molar-refractivity contribution < 1.29 is 14.6 Å². The lowest BCUT2D eigenvalue weighted by molar-refractivity contribution is -0.167. The first kappa shape index (κ1) is 17.7. The zero-order valence-corrected chi connectivity index (χ0v) is 15.6. The lowest BCUT2D eigenvalue weighted by atomic mass is 9.45. The van der Waals surface area contributed by atoms with Gasteiger partial charge in [0.2, 0.25) is 0 Å². The van der Waals surface area contributed by atoms with E-state index in [1.165, 1.54) is 12.7 Å². The van der Waals surface area contributed by atoms with Gasteiger partial charge in [0.1, 0.15) is 0 Å². The molecule has 0 spiro atoms. The van der Waals surface area contributed by atoms with Crippen LogP contribution in [-0.2, 0) is 9.53 Å². The van der Waals surface area contributed by atoms with Crippen LogP contribution in [0, 0.1) is 28.1 Å². The Balaban J connectivity index is 2.04. The van der Waals surface area contributed by atoms with E-state index < -0.39 is 5.41 Å². The third kappa shape index (κ3) is 2.39. The van der Waals surface area contributed by atoms with Crippen LogP contribution in [0.3, 0.4) is 0 Å². The molecule has 0 amide bonds. The molecule has 0 radical (unpaired) electrons. The zero-order valence-electron chi connectivity index (χ0n) is 15.6. The van der Waals surface area contributed by atoms with Crippen molar-refractivity contribution in [2.75, 3.05) is 7.11 Å². The molecular formula is C21H32O3. The molecule has 0 aromatic carbocycles. The molecule has 2 saturated carbocycles. The van der Waals surface area contributed by atoms with Crippen LogP contribution in [0.1, 0.15) is 59.3 Å². The maximum atomic E-state index is 12.6. The Kier molecular flexibility index (Phi) is 4.23. The number of allylic oxidation sites excluding steroid dienone is 2. The van der Waals surface area contributed by atoms with E-state index >= 15 is 0 Å². The summed E-state index contributed by atoms with van der Waals surface area (Å²) in [6.45, 7) is 10.6. The second-order valence-electron chi connectivity index (χ2n) is 9.07. The number of hydrogen-bond acceptors (Lipinski definition) is 3. The fourth-order valence-corrected chi connectivity index (χ4v) is 5.98. The molecule has 3 rings (SSSR count). The van der Waals surface area contributed by atoms with Crippen molar-refractivity contribution in [1.82, 2.24) is 0 Å². The van der Waals surface area contributed by atoms with Gasteiger partial charge in [0.25, 0.3) is 0 Å². The summed E-state index contributed by atoms with van der Waals surface area (Å²) in [6.07, 6.45) is 9.65. The highest BCUT2D eigenvalue weighted by Gasteiger charge is 2.60. The van der Waals surface area contributed by atoms with Crippen LogP contribution in [0.25, 0.3) is 0 Å². The van der Waals surface area contributed by atoms with Crippen molar-refractivity contribution in [3.8, 4) is 0 Å². The van der Waals surface area contributed by atoms with E-state index in [0.29, 0.717) is 6.42 Å². The SMILES string of the molecule is C=C[C@@]1(C)CC=C2[C@@H](C1)[C@@H](O)C[C@H]1[C@](C)(C(=O)OC)CCC[C@]21C. The molecule has 0 aromatic rings. The number of carbonyl (C=O) groups excluding carboxylic acids is 1. The number of esters is 1. The molecule has 1 N–H and O–H groups in total. The largest absolute Gasteiger partial charge is 0.469 e. The van der Waals surface area contributed by atoms with Gasteiger partial charge in [-0.3, -0.25) is 4.79 Å². The van der Waals surface area contributed by atoms with Crippen molar-refractivity contribution in [2.24, 2.45) is 28.1 Å². The smallest absolute Gasteiger partial charge is 0.311 e. The van der Waals surface area contributed by atoms with Gasteiger partial charge in [0.15, 0.2) is 0 Å². The molecular weight excluding hydrogens is 300 g/mol. The van der Waals surface area contributed by atoms with Crippen molar-refractivity contribution in [1.29, 1.82) is 0 Å². The minimum absolute atomic E-state index is 0.00636. The fourth-order valence-electron chi connectivity index (χ4n) is 5.98. The molecule has 3 aliphatic rings. The van der Waals surface area contributed by atoms with E-state index in [-0.39, 0.29) is 34.7 Å². The lowest BCUT2D eigenvalue weighted by Gasteiger charge is -2.59. The van der Waals surface area contributed by atoms with Crippen molar-refractivity contribution >= 4 is 5.97 Å². The Morgan fingerprint density at radius 2 is 2.08 bits per heavy atom. The third-order valence-corrected chi connectivity index (χ3v) is 7.55. The number of aliphatic hydroxyl groups is 1. The van der Waals surface area contributed by atoms with Crippen molar-refractivity contribution in [3.05, 3.63) is 24.3 Å². The van der Waals surface area contributed by atoms with Crippen LogP contribution in [-0.4, -0.2) is 24.3 Å². The van der Waals surface area contributed by atoms with Crippen LogP contribution in [0.15, 0.2) is 24.3 Å². The van der Waals surface area contributed by atoms with Gasteiger partial charge < -0.3 is 9.84 Å². The first-order valence-electron chi connectivity index (χ1n) is 9.31. The summed E-state index contributed by atoms with van der Waals surface area (Å²) < 4.78 is 5.16. The molecule has 6 atom stereocenters. The molecule has 0 heterocycles. The van der Waals surface area contributed by atoms with E-state index in [2.05, 4.69) is 26.5 Å². The second kappa shape index (κ2) is 5.72. The van der Waals surface area contributed by atoms with E-state index in [9.17, 15) is 9.90 Å². The highest BCUT2D eigenvalue weighted by molar-refractivity contribution is 5.77. The van der Waals surface area contributed by atoms with Crippen molar-refractivity contribution in [3.63, 3.8) is 0 Å². The van der Waals surface area contributed by atoms with E-state index in [1.807, 2.05) is 13.0 Å². The predicted molar refractivity (Wildman–Crippen MR) is 95.3 cm³/mol. The molecule has 24 heavy (non-hydrogen) atoms. The van der Waals surface area contributed by atoms with E-state index in [1.54, 1.807) is 0 Å². The maximum Gasteiger partial charge on any atom is 0.311 e. The van der Waals surface area contributed by atoms with Gasteiger partial charge in [-0.05, 0) is 55.8 Å². The summed E-state index contributed by atoms with van der Waals surface area (Å²) in [4.78, 5) is 12.6. The molecule has 0 aromatic heterocycles. The molecule has 0 bridgehead atoms. The molecule has 0 unspecified atom stereocenters. The Morgan fingerprint density at radius 3 is 2.71 bits per heavy atom. The van der Waals surface area contributed by atoms with E-state index in [4.69, 9.17) is 4.74 Å². The normalized spacial score (nSPS) is 47.9. The molecule has 2 fully saturated rings. The molecule has 134 valence electrons. The van der Waals surface area contributed by atoms with Gasteiger partial charge in [-0.2, -0.15) is 0 Å². The molecule has 3 nitrogen and oxygen atoms in total. The fraction of sp³-hybridized carbons (Fsp3) is 0.762. The molecule has 0 saturated heterocycles. The Bertz CT molecular complexity index is 580. The summed E-state index contributed by atoms with van der Waals surface area (Å²) in [6, 6.07) is 0. The van der Waals surface area contributed by atoms with Crippen LogP contribution in [0.2, 0.25) is 0 Å². The minimum atomic E-state index is -0.492. The molecule has 3 heteroatoms. The number of ether oxygens (including phenoxy) is 1. The van der Waals surface area contributed by atoms with Crippen LogP contribution < -0.4 is 0 Å². The summed E-state index contributed by atoms with van der Waals surface area (Å²) in [5, 5.41) is 10.9. The Labute approximate surface area is 146 Å². The number of rotatable bonds is 2. The Hall–Kier alpha value is -1.09. The first-order valence-corrected chi connectivity index (χ1v) is 9.31. The van der Waals surface area contributed by atoms with Gasteiger partial charge in [-0.15, -0.1) is 6.58 Å². The summed E-state index contributed by atoms with van der Waals surface area (Å²) in [5.74, 6) is 0.233. The van der Waals surface area contributed by atoms with Gasteiger partial charge in [-0.25, -0.2) is 0 Å². The highest BCUT2D eigenvalue weighted by atomic mass is 16.5. The van der Waals surface area contributed by atoms with Crippen molar-refractivity contribution in [2.45, 2.75) is 65.4 Å². The standard InChI is InChI=1S/C21H32O3/c1-6-19(2)11-8-15-14(13-19)16(22)12-17-20(15,3)9-7-10-21(17,4)18(23)24-5/h6,8,14,16-17,22H,1,7,9-13H2,2-5H3/t14-,16+,17-,19+,20-,21-/m1/s1. The third-order valence-electron chi connectivity index (χ3n) is 7.55. The molecule has 3 aliphatic carbocycles. The number of methoxy groups -OCH3 is 1. The first-order chi connectivity index (χ1) is 11.2. The average molecular weight is 332 g/mol. The van der Waals surface area contributed by atoms with Crippen LogP contribution in [0.5, 0.6) is 0 Å². The molecule has 0 aliphatic heterocycles. The van der Waals surface area contributed by atoms with Gasteiger partial charge in [0, 0.05) is 5.92 Å². The average Bonchev–Trinajstić information content (AvgIpc) is 2.56. The Morgan fingerprint density at radius 1 is 1.38 bits per heavy atom. The number of hydrogen-bond donors (Lipinski definition) is 1. The van der Waals surface area contributed by atoms with E-state index in [0.717, 1.165) is 32.1 Å². The number of fused-ring (bicyclic) bond motifs is 3. The second-order valence-corrected chi connectivity index (χ2v) is 9.07. The summed E-state index contributed by atoms with van der Waals surface area (Å²) >= 11 is 0. The predicted octanol–water partition coefficient (Wildman–Crippen LogP) is 4.27. The minimum Gasteiger partial charge on any atom is -0.469 e. The van der Waals surface area contributed by atoms with Gasteiger partial charge in [0.05, 0.1) is 18.6 Å². The quantitative estimate of drug-likeness (QED) is 0.607.